The maximum Gasteiger partial charge on any atom is 0.225 e. The highest BCUT2D eigenvalue weighted by Gasteiger charge is 2.32. The summed E-state index contributed by atoms with van der Waals surface area (Å²) in [6.45, 7) is 3.29. The van der Waals surface area contributed by atoms with Crippen LogP contribution in [0.2, 0.25) is 0 Å². The summed E-state index contributed by atoms with van der Waals surface area (Å²) in [6, 6.07) is 4.50. The van der Waals surface area contributed by atoms with Crippen LogP contribution >= 0.6 is 23.7 Å². The van der Waals surface area contributed by atoms with Gasteiger partial charge in [0.2, 0.25) is 5.91 Å². The summed E-state index contributed by atoms with van der Waals surface area (Å²) < 4.78 is 5.63. The van der Waals surface area contributed by atoms with E-state index < -0.39 is 0 Å². The molecule has 20 heavy (non-hydrogen) atoms. The number of carbonyl (C=O) groups is 1. The molecule has 1 aromatic heterocycles. The molecule has 112 valence electrons. The van der Waals surface area contributed by atoms with E-state index in [9.17, 15) is 4.79 Å². The molecule has 0 bridgehead atoms. The Morgan fingerprint density at radius 1 is 1.55 bits per heavy atom. The van der Waals surface area contributed by atoms with Gasteiger partial charge in [-0.1, -0.05) is 6.07 Å². The number of thiophene rings is 1. The fraction of sp³-hybridized carbons (Fsp3) is 0.643. The number of carbonyl (C=O) groups excluding carboxylic acids is 1. The van der Waals surface area contributed by atoms with Gasteiger partial charge in [0.05, 0.1) is 25.2 Å². The molecular formula is C14H21ClN2O2S. The fourth-order valence-electron chi connectivity index (χ4n) is 2.90. The highest BCUT2D eigenvalue weighted by Crippen LogP contribution is 2.35. The molecule has 4 nitrogen and oxygen atoms in total. The van der Waals surface area contributed by atoms with Gasteiger partial charge in [0.1, 0.15) is 0 Å². The third-order valence-electron chi connectivity index (χ3n) is 3.85. The molecule has 2 atom stereocenters. The Morgan fingerprint density at radius 3 is 3.15 bits per heavy atom. The van der Waals surface area contributed by atoms with Gasteiger partial charge in [-0.3, -0.25) is 4.79 Å². The summed E-state index contributed by atoms with van der Waals surface area (Å²) in [7, 11) is 0. The first-order valence-corrected chi connectivity index (χ1v) is 7.88. The Hall–Kier alpha value is -0.620. The van der Waals surface area contributed by atoms with Crippen LogP contribution in [0, 0.1) is 0 Å². The number of nitrogens with one attached hydrogen (secondary N) is 1. The maximum absolute atomic E-state index is 12.4. The number of hydrogen-bond donors (Lipinski definition) is 1. The Labute approximate surface area is 129 Å². The summed E-state index contributed by atoms with van der Waals surface area (Å²) in [5.74, 6) is 0.240. The zero-order valence-electron chi connectivity index (χ0n) is 11.4. The number of amides is 1. The average molecular weight is 317 g/mol. The second-order valence-corrected chi connectivity index (χ2v) is 6.14. The quantitative estimate of drug-likeness (QED) is 0.929. The third kappa shape index (κ3) is 3.52. The molecule has 2 fully saturated rings. The van der Waals surface area contributed by atoms with Crippen LogP contribution in [-0.4, -0.2) is 43.2 Å². The van der Waals surface area contributed by atoms with Crippen molar-refractivity contribution in [1.29, 1.82) is 0 Å². The Morgan fingerprint density at radius 2 is 2.45 bits per heavy atom. The van der Waals surface area contributed by atoms with Crippen molar-refractivity contribution in [2.75, 3.05) is 26.2 Å². The van der Waals surface area contributed by atoms with E-state index in [0.717, 1.165) is 32.5 Å². The molecular weight excluding hydrogens is 296 g/mol. The maximum atomic E-state index is 12.4. The number of ether oxygens (including phenoxy) is 1. The predicted molar refractivity (Wildman–Crippen MR) is 82.5 cm³/mol. The van der Waals surface area contributed by atoms with Crippen molar-refractivity contribution < 1.29 is 9.53 Å². The normalized spacial score (nSPS) is 26.3. The summed E-state index contributed by atoms with van der Waals surface area (Å²) >= 11 is 1.75. The van der Waals surface area contributed by atoms with E-state index in [1.165, 1.54) is 4.88 Å². The molecule has 2 aliphatic heterocycles. The third-order valence-corrected chi connectivity index (χ3v) is 4.82. The number of likely N-dealkylation sites (tertiary alicyclic amines) is 1. The molecule has 1 amide bonds. The minimum atomic E-state index is 0. The van der Waals surface area contributed by atoms with E-state index in [1.54, 1.807) is 11.3 Å². The summed E-state index contributed by atoms with van der Waals surface area (Å²) in [5.41, 5.74) is 0. The molecule has 2 unspecified atom stereocenters. The lowest BCUT2D eigenvalue weighted by molar-refractivity contribution is -0.135. The van der Waals surface area contributed by atoms with Gasteiger partial charge in [-0.25, -0.2) is 0 Å². The van der Waals surface area contributed by atoms with Gasteiger partial charge in [-0.05, 0) is 24.3 Å². The van der Waals surface area contributed by atoms with Gasteiger partial charge < -0.3 is 15.0 Å². The second-order valence-electron chi connectivity index (χ2n) is 5.16. The lowest BCUT2D eigenvalue weighted by Gasteiger charge is -2.28. The van der Waals surface area contributed by atoms with Gasteiger partial charge in [0.15, 0.2) is 0 Å². The Bertz CT molecular complexity index is 421. The van der Waals surface area contributed by atoms with Crippen LogP contribution in [0.5, 0.6) is 0 Å². The smallest absolute Gasteiger partial charge is 0.225 e. The van der Waals surface area contributed by atoms with Crippen molar-refractivity contribution in [2.24, 2.45) is 0 Å². The van der Waals surface area contributed by atoms with Crippen LogP contribution in [-0.2, 0) is 9.53 Å². The van der Waals surface area contributed by atoms with Crippen LogP contribution in [0.1, 0.15) is 30.2 Å². The van der Waals surface area contributed by atoms with E-state index in [-0.39, 0.29) is 24.4 Å². The lowest BCUT2D eigenvalue weighted by atomic mass is 10.1. The van der Waals surface area contributed by atoms with E-state index in [0.29, 0.717) is 19.1 Å². The average Bonchev–Trinajstić information content (AvgIpc) is 3.10. The van der Waals surface area contributed by atoms with E-state index in [2.05, 4.69) is 22.8 Å². The molecule has 0 spiro atoms. The molecule has 0 aliphatic carbocycles. The minimum Gasteiger partial charge on any atom is -0.375 e. The number of rotatable bonds is 3. The summed E-state index contributed by atoms with van der Waals surface area (Å²) in [6.07, 6.45) is 2.76. The molecule has 6 heteroatoms. The predicted octanol–water partition coefficient (Wildman–Crippen LogP) is 2.21. The van der Waals surface area contributed by atoms with Crippen LogP contribution < -0.4 is 5.32 Å². The molecule has 0 radical (unpaired) electrons. The highest BCUT2D eigenvalue weighted by atomic mass is 35.5. The molecule has 3 heterocycles. The minimum absolute atomic E-state index is 0. The molecule has 0 aromatic carbocycles. The molecule has 0 saturated carbocycles. The molecule has 2 aliphatic rings. The van der Waals surface area contributed by atoms with E-state index >= 15 is 0 Å². The van der Waals surface area contributed by atoms with Crippen molar-refractivity contribution >= 4 is 29.7 Å². The second kappa shape index (κ2) is 7.41. The number of morpholine rings is 1. The van der Waals surface area contributed by atoms with Gasteiger partial charge in [0.25, 0.3) is 0 Å². The van der Waals surface area contributed by atoms with E-state index in [4.69, 9.17) is 4.74 Å². The van der Waals surface area contributed by atoms with Crippen LogP contribution in [0.4, 0.5) is 0 Å². The van der Waals surface area contributed by atoms with Gasteiger partial charge >= 0.3 is 0 Å². The van der Waals surface area contributed by atoms with Crippen LogP contribution in [0.3, 0.4) is 0 Å². The first kappa shape index (κ1) is 15.8. The monoisotopic (exact) mass is 316 g/mol. The van der Waals surface area contributed by atoms with E-state index in [1.807, 2.05) is 4.90 Å². The van der Waals surface area contributed by atoms with Crippen molar-refractivity contribution in [3.8, 4) is 0 Å². The van der Waals surface area contributed by atoms with Crippen LogP contribution in [0.25, 0.3) is 0 Å². The van der Waals surface area contributed by atoms with Gasteiger partial charge in [0, 0.05) is 24.5 Å². The summed E-state index contributed by atoms with van der Waals surface area (Å²) in [4.78, 5) is 15.8. The van der Waals surface area contributed by atoms with Crippen molar-refractivity contribution in [3.05, 3.63) is 22.4 Å². The van der Waals surface area contributed by atoms with Crippen molar-refractivity contribution in [1.82, 2.24) is 10.2 Å². The molecule has 2 saturated heterocycles. The lowest BCUT2D eigenvalue weighted by Crippen LogP contribution is -2.42. The number of hydrogen-bond acceptors (Lipinski definition) is 4. The van der Waals surface area contributed by atoms with Gasteiger partial charge in [-0.2, -0.15) is 0 Å². The molecule has 1 aromatic rings. The van der Waals surface area contributed by atoms with Crippen molar-refractivity contribution in [3.63, 3.8) is 0 Å². The topological polar surface area (TPSA) is 41.6 Å². The Kier molecular flexibility index (Phi) is 5.84. The number of halogens is 1. The fourth-order valence-corrected chi connectivity index (χ4v) is 3.78. The van der Waals surface area contributed by atoms with Crippen molar-refractivity contribution in [2.45, 2.75) is 31.4 Å². The standard InChI is InChI=1S/C14H20N2O2S.ClH/c17-14(9-11-10-15-5-7-18-11)16-6-1-3-12(16)13-4-2-8-19-13;/h2,4,8,11-12,15H,1,3,5-7,9-10H2;1H. The SMILES string of the molecule is Cl.O=C(CC1CNCCO1)N1CCCC1c1cccs1. The zero-order valence-corrected chi connectivity index (χ0v) is 13.0. The first-order valence-electron chi connectivity index (χ1n) is 7.00. The zero-order chi connectivity index (χ0) is 13.1. The highest BCUT2D eigenvalue weighted by molar-refractivity contribution is 7.10. The Balaban J connectivity index is 0.00000147. The molecule has 1 N–H and O–H groups in total. The van der Waals surface area contributed by atoms with Gasteiger partial charge in [-0.15, -0.1) is 23.7 Å². The number of nitrogens with zero attached hydrogens (tertiary/aromatic N) is 1. The summed E-state index contributed by atoms with van der Waals surface area (Å²) in [5, 5.41) is 5.36. The van der Waals surface area contributed by atoms with Crippen LogP contribution in [0.15, 0.2) is 17.5 Å². The molecule has 3 rings (SSSR count). The first-order chi connectivity index (χ1) is 9.34. The largest absolute Gasteiger partial charge is 0.375 e.